The van der Waals surface area contributed by atoms with Crippen LogP contribution in [0, 0.1) is 5.82 Å². The van der Waals surface area contributed by atoms with E-state index in [1.165, 1.54) is 7.11 Å². The number of rotatable bonds is 5. The number of halogens is 2. The van der Waals surface area contributed by atoms with E-state index in [9.17, 15) is 0 Å². The first kappa shape index (κ1) is 19.4. The fourth-order valence-corrected chi connectivity index (χ4v) is 3.59. The molecule has 0 aliphatic heterocycles. The normalized spacial score (nSPS) is 12.8. The summed E-state index contributed by atoms with van der Waals surface area (Å²) in [5.41, 5.74) is 1.66. The van der Waals surface area contributed by atoms with Gasteiger partial charge in [-0.25, -0.2) is 14.4 Å². The molecule has 4 aromatic rings. The van der Waals surface area contributed by atoms with E-state index in [0.29, 0.717) is 33.9 Å². The topological polar surface area (TPSA) is 76.8 Å². The third-order valence-corrected chi connectivity index (χ3v) is 5.52. The van der Waals surface area contributed by atoms with Gasteiger partial charge in [0, 0.05) is 24.8 Å². The summed E-state index contributed by atoms with van der Waals surface area (Å²) in [5, 5.41) is 7.95. The molecule has 8 nitrogen and oxygen atoms in total. The number of imidazole rings is 1. The second-order valence-electron chi connectivity index (χ2n) is 7.01. The first-order valence-electron chi connectivity index (χ1n) is 8.96. The van der Waals surface area contributed by atoms with Crippen molar-refractivity contribution in [2.24, 2.45) is 7.05 Å². The third kappa shape index (κ3) is 2.97. The average Bonchev–Trinajstić information content (AvgIpc) is 3.42. The molecule has 10 heteroatoms. The molecule has 152 valence electrons. The Morgan fingerprint density at radius 2 is 2.10 bits per heavy atom. The second-order valence-corrected chi connectivity index (χ2v) is 7.39. The molecule has 29 heavy (non-hydrogen) atoms. The highest BCUT2D eigenvalue weighted by molar-refractivity contribution is 6.33. The maximum Gasteiger partial charge on any atom is 0.200 e. The zero-order valence-electron chi connectivity index (χ0n) is 16.7. The third-order valence-electron chi connectivity index (χ3n) is 5.17. The smallest absolute Gasteiger partial charge is 0.200 e. The molecule has 0 bridgehead atoms. The van der Waals surface area contributed by atoms with Crippen LogP contribution in [0.2, 0.25) is 5.02 Å². The summed E-state index contributed by atoms with van der Waals surface area (Å²) in [7, 11) is 7.14. The van der Waals surface area contributed by atoms with E-state index in [2.05, 4.69) is 20.2 Å². The van der Waals surface area contributed by atoms with Crippen molar-refractivity contribution in [3.05, 3.63) is 41.5 Å². The molecule has 0 fully saturated rings. The van der Waals surface area contributed by atoms with Crippen LogP contribution >= 0.6 is 11.6 Å². The van der Waals surface area contributed by atoms with Crippen LogP contribution in [0.4, 0.5) is 4.39 Å². The molecule has 0 saturated carbocycles. The standard InChI is InChI=1S/C19H21ClFN7O/c1-10(26(2)3)18-23-19(25-24-18)17-16(28-7-6-22-9-28)11-8-12(29-5)13(20)14(21)15(11)27(17)4/h6-10H,1-5H3,(H,23,24,25)/t10-/m1/s1. The molecule has 0 saturated heterocycles. The van der Waals surface area contributed by atoms with Crippen LogP contribution in [-0.4, -0.2) is 55.4 Å². The molecule has 3 heterocycles. The summed E-state index contributed by atoms with van der Waals surface area (Å²) in [6, 6.07) is 1.75. The first-order valence-corrected chi connectivity index (χ1v) is 9.34. The maximum absolute atomic E-state index is 15.2. The Morgan fingerprint density at radius 1 is 1.34 bits per heavy atom. The van der Waals surface area contributed by atoms with Crippen molar-refractivity contribution < 1.29 is 9.13 Å². The molecular weight excluding hydrogens is 397 g/mol. The monoisotopic (exact) mass is 417 g/mol. The van der Waals surface area contributed by atoms with E-state index < -0.39 is 5.82 Å². The van der Waals surface area contributed by atoms with Crippen molar-refractivity contribution in [3.8, 4) is 23.0 Å². The molecule has 0 unspecified atom stereocenters. The molecule has 3 aromatic heterocycles. The van der Waals surface area contributed by atoms with Gasteiger partial charge in [0.15, 0.2) is 11.6 Å². The van der Waals surface area contributed by atoms with Crippen molar-refractivity contribution in [2.75, 3.05) is 21.2 Å². The number of fused-ring (bicyclic) bond motifs is 1. The van der Waals surface area contributed by atoms with Gasteiger partial charge in [0.1, 0.15) is 22.3 Å². The minimum absolute atomic E-state index is 0.0360. The van der Waals surface area contributed by atoms with Crippen LogP contribution < -0.4 is 4.74 Å². The van der Waals surface area contributed by atoms with Gasteiger partial charge in [-0.05, 0) is 27.1 Å². The largest absolute Gasteiger partial charge is 0.495 e. The van der Waals surface area contributed by atoms with E-state index in [4.69, 9.17) is 16.3 Å². The van der Waals surface area contributed by atoms with Crippen LogP contribution in [0.15, 0.2) is 24.8 Å². The number of nitrogens with zero attached hydrogens (tertiary/aromatic N) is 6. The van der Waals surface area contributed by atoms with Crippen LogP contribution in [-0.2, 0) is 7.05 Å². The zero-order chi connectivity index (χ0) is 20.9. The Morgan fingerprint density at radius 3 is 2.72 bits per heavy atom. The van der Waals surface area contributed by atoms with Crippen LogP contribution in [0.3, 0.4) is 0 Å². The van der Waals surface area contributed by atoms with Gasteiger partial charge < -0.3 is 13.9 Å². The lowest BCUT2D eigenvalue weighted by molar-refractivity contribution is 0.309. The number of methoxy groups -OCH3 is 1. The van der Waals surface area contributed by atoms with Gasteiger partial charge >= 0.3 is 0 Å². The fourth-order valence-electron chi connectivity index (χ4n) is 3.37. The van der Waals surface area contributed by atoms with Gasteiger partial charge in [0.05, 0.1) is 30.7 Å². The van der Waals surface area contributed by atoms with Gasteiger partial charge in [-0.3, -0.25) is 10.00 Å². The predicted octanol–water partition coefficient (Wildman–Crippen LogP) is 3.57. The van der Waals surface area contributed by atoms with Crippen LogP contribution in [0.1, 0.15) is 18.8 Å². The Bertz CT molecular complexity index is 1180. The van der Waals surface area contributed by atoms with Gasteiger partial charge in [-0.2, -0.15) is 5.10 Å². The van der Waals surface area contributed by atoms with Gasteiger partial charge in [-0.15, -0.1) is 0 Å². The van der Waals surface area contributed by atoms with Crippen molar-refractivity contribution in [1.82, 2.24) is 34.2 Å². The molecule has 1 N–H and O–H groups in total. The summed E-state index contributed by atoms with van der Waals surface area (Å²) in [6.07, 6.45) is 5.09. The molecule has 1 atom stereocenters. The SMILES string of the molecule is COc1cc2c(-n3ccnc3)c(-c3n[nH]c([C@@H](C)N(C)C)n3)n(C)c2c(F)c1Cl. The van der Waals surface area contributed by atoms with Gasteiger partial charge in [-0.1, -0.05) is 11.6 Å². The first-order chi connectivity index (χ1) is 13.8. The number of H-pyrrole nitrogens is 1. The van der Waals surface area contributed by atoms with Crippen LogP contribution in [0.5, 0.6) is 5.75 Å². The number of hydrogen-bond acceptors (Lipinski definition) is 5. The number of nitrogens with one attached hydrogen (secondary N) is 1. The van der Waals surface area contributed by atoms with E-state index >= 15 is 4.39 Å². The number of ether oxygens (including phenoxy) is 1. The van der Waals surface area contributed by atoms with Crippen molar-refractivity contribution in [2.45, 2.75) is 13.0 Å². The summed E-state index contributed by atoms with van der Waals surface area (Å²) in [5.74, 6) is 0.856. The Kier molecular flexibility index (Phi) is 4.79. The Labute approximate surface area is 171 Å². The van der Waals surface area contributed by atoms with E-state index in [0.717, 1.165) is 0 Å². The zero-order valence-corrected chi connectivity index (χ0v) is 17.5. The quantitative estimate of drug-likeness (QED) is 0.537. The number of hydrogen-bond donors (Lipinski definition) is 1. The van der Waals surface area contributed by atoms with E-state index in [-0.39, 0.29) is 16.8 Å². The minimum atomic E-state index is -0.562. The van der Waals surface area contributed by atoms with E-state index in [1.54, 1.807) is 41.0 Å². The molecule has 0 amide bonds. The Hall–Kier alpha value is -2.91. The molecular formula is C19H21ClFN7O. The molecule has 0 aliphatic rings. The number of benzene rings is 1. The predicted molar refractivity (Wildman–Crippen MR) is 109 cm³/mol. The van der Waals surface area contributed by atoms with Crippen LogP contribution in [0.25, 0.3) is 28.1 Å². The Balaban J connectivity index is 2.05. The summed E-state index contributed by atoms with van der Waals surface area (Å²) in [4.78, 5) is 10.8. The van der Waals surface area contributed by atoms with E-state index in [1.807, 2.05) is 25.9 Å². The fraction of sp³-hybridized carbons (Fsp3) is 0.316. The van der Waals surface area contributed by atoms with Gasteiger partial charge in [0.2, 0.25) is 0 Å². The second kappa shape index (κ2) is 7.16. The molecule has 1 aromatic carbocycles. The average molecular weight is 418 g/mol. The van der Waals surface area contributed by atoms with Crippen molar-refractivity contribution in [3.63, 3.8) is 0 Å². The number of aromatic nitrogens is 6. The summed E-state index contributed by atoms with van der Waals surface area (Å²) < 4.78 is 24.0. The minimum Gasteiger partial charge on any atom is -0.495 e. The maximum atomic E-state index is 15.2. The summed E-state index contributed by atoms with van der Waals surface area (Å²) >= 11 is 6.18. The molecule has 0 spiro atoms. The molecule has 0 aliphatic carbocycles. The number of aromatic amines is 1. The lowest BCUT2D eigenvalue weighted by Crippen LogP contribution is -2.17. The highest BCUT2D eigenvalue weighted by Gasteiger charge is 2.27. The van der Waals surface area contributed by atoms with Gasteiger partial charge in [0.25, 0.3) is 0 Å². The highest BCUT2D eigenvalue weighted by atomic mass is 35.5. The highest BCUT2D eigenvalue weighted by Crippen LogP contribution is 2.41. The summed E-state index contributed by atoms with van der Waals surface area (Å²) in [6.45, 7) is 2.02. The number of aryl methyl sites for hydroxylation is 1. The lowest BCUT2D eigenvalue weighted by Gasteiger charge is -2.16. The van der Waals surface area contributed by atoms with Crippen molar-refractivity contribution >= 4 is 22.5 Å². The lowest BCUT2D eigenvalue weighted by atomic mass is 10.2. The van der Waals surface area contributed by atoms with Crippen molar-refractivity contribution in [1.29, 1.82) is 0 Å². The molecule has 0 radical (unpaired) electrons. The molecule has 4 rings (SSSR count).